The first kappa shape index (κ1) is 14.1. The van der Waals surface area contributed by atoms with E-state index in [0.29, 0.717) is 17.5 Å². The molecule has 1 N–H and O–H groups in total. The maximum absolute atomic E-state index is 5.94. The first-order valence-corrected chi connectivity index (χ1v) is 7.74. The van der Waals surface area contributed by atoms with E-state index < -0.39 is 0 Å². The van der Waals surface area contributed by atoms with Crippen molar-refractivity contribution < 1.29 is 4.74 Å². The van der Waals surface area contributed by atoms with Crippen molar-refractivity contribution in [1.29, 1.82) is 0 Å². The minimum Gasteiger partial charge on any atom is -0.485 e. The van der Waals surface area contributed by atoms with Crippen LogP contribution in [0, 0.1) is 6.92 Å². The number of ether oxygens (including phenoxy) is 1. The van der Waals surface area contributed by atoms with Gasteiger partial charge < -0.3 is 10.1 Å². The van der Waals surface area contributed by atoms with E-state index in [1.165, 1.54) is 0 Å². The quantitative estimate of drug-likeness (QED) is 0.780. The van der Waals surface area contributed by atoms with Gasteiger partial charge in [-0.15, -0.1) is 11.3 Å². The standard InChI is InChI=1S/C15H14ClN3OS/c1-9-7-10(16)3-4-12(9)20-8-13-18-14(17-2)11-5-6-21-15(11)19-13/h3-7H,8H2,1-2H3,(H,17,18,19). The van der Waals surface area contributed by atoms with Crippen molar-refractivity contribution in [2.24, 2.45) is 0 Å². The highest BCUT2D eigenvalue weighted by Gasteiger charge is 2.09. The first-order valence-electron chi connectivity index (χ1n) is 6.48. The predicted octanol–water partition coefficient (Wildman–Crippen LogP) is 4.27. The van der Waals surface area contributed by atoms with Crippen LogP contribution >= 0.6 is 22.9 Å². The third-order valence-corrected chi connectivity index (χ3v) is 4.14. The Balaban J connectivity index is 1.84. The van der Waals surface area contributed by atoms with E-state index in [9.17, 15) is 0 Å². The molecule has 0 saturated heterocycles. The second-order valence-corrected chi connectivity index (χ2v) is 5.91. The van der Waals surface area contributed by atoms with Gasteiger partial charge in [0.2, 0.25) is 0 Å². The van der Waals surface area contributed by atoms with Crippen molar-refractivity contribution in [2.45, 2.75) is 13.5 Å². The van der Waals surface area contributed by atoms with Crippen molar-refractivity contribution in [3.05, 3.63) is 46.1 Å². The third kappa shape index (κ3) is 2.94. The summed E-state index contributed by atoms with van der Waals surface area (Å²) in [6.07, 6.45) is 0. The number of fused-ring (bicyclic) bond motifs is 1. The Morgan fingerprint density at radius 1 is 1.29 bits per heavy atom. The lowest BCUT2D eigenvalue weighted by atomic mass is 10.2. The molecule has 6 heteroatoms. The van der Waals surface area contributed by atoms with Crippen LogP contribution in [0.4, 0.5) is 5.82 Å². The van der Waals surface area contributed by atoms with Gasteiger partial charge >= 0.3 is 0 Å². The number of thiophene rings is 1. The minimum atomic E-state index is 0.324. The minimum absolute atomic E-state index is 0.324. The van der Waals surface area contributed by atoms with Crippen LogP contribution in [0.25, 0.3) is 10.2 Å². The molecule has 0 aliphatic carbocycles. The molecule has 0 saturated carbocycles. The maximum atomic E-state index is 5.94. The van der Waals surface area contributed by atoms with E-state index in [1.807, 2.05) is 43.6 Å². The van der Waals surface area contributed by atoms with E-state index in [4.69, 9.17) is 16.3 Å². The molecule has 2 aromatic heterocycles. The second-order valence-electron chi connectivity index (χ2n) is 4.58. The summed E-state index contributed by atoms with van der Waals surface area (Å²) in [6.45, 7) is 2.29. The molecule has 3 aromatic rings. The second kappa shape index (κ2) is 5.87. The van der Waals surface area contributed by atoms with Gasteiger partial charge in [-0.1, -0.05) is 11.6 Å². The molecular formula is C15H14ClN3OS. The molecule has 0 aliphatic rings. The Kier molecular flexibility index (Phi) is 3.94. The molecule has 4 nitrogen and oxygen atoms in total. The average molecular weight is 320 g/mol. The zero-order chi connectivity index (χ0) is 14.8. The molecule has 0 unspecified atom stereocenters. The van der Waals surface area contributed by atoms with Gasteiger partial charge in [0.15, 0.2) is 5.82 Å². The first-order chi connectivity index (χ1) is 10.2. The van der Waals surface area contributed by atoms with Gasteiger partial charge in [0, 0.05) is 12.1 Å². The Hall–Kier alpha value is -1.85. The Bertz CT molecular complexity index is 788. The number of aryl methyl sites for hydroxylation is 1. The van der Waals surface area contributed by atoms with Gasteiger partial charge in [-0.3, -0.25) is 0 Å². The molecule has 0 atom stereocenters. The lowest BCUT2D eigenvalue weighted by Crippen LogP contribution is -2.05. The van der Waals surface area contributed by atoms with Gasteiger partial charge in [0.25, 0.3) is 0 Å². The Morgan fingerprint density at radius 3 is 2.90 bits per heavy atom. The van der Waals surface area contributed by atoms with Crippen LogP contribution in [0.5, 0.6) is 5.75 Å². The number of halogens is 1. The lowest BCUT2D eigenvalue weighted by molar-refractivity contribution is 0.294. The third-order valence-electron chi connectivity index (χ3n) is 3.10. The number of aromatic nitrogens is 2. The van der Waals surface area contributed by atoms with Crippen molar-refractivity contribution in [3.63, 3.8) is 0 Å². The molecule has 2 heterocycles. The van der Waals surface area contributed by atoms with E-state index in [0.717, 1.165) is 27.3 Å². The number of hydrogen-bond acceptors (Lipinski definition) is 5. The molecule has 21 heavy (non-hydrogen) atoms. The van der Waals surface area contributed by atoms with Gasteiger partial charge in [-0.2, -0.15) is 0 Å². The van der Waals surface area contributed by atoms with Crippen LogP contribution in [0.3, 0.4) is 0 Å². The number of nitrogens with one attached hydrogen (secondary N) is 1. The predicted molar refractivity (Wildman–Crippen MR) is 87.5 cm³/mol. The van der Waals surface area contributed by atoms with E-state index >= 15 is 0 Å². The summed E-state index contributed by atoms with van der Waals surface area (Å²) in [5.74, 6) is 2.27. The number of anilines is 1. The molecule has 108 valence electrons. The monoisotopic (exact) mass is 319 g/mol. The molecule has 0 spiro atoms. The fourth-order valence-electron chi connectivity index (χ4n) is 2.07. The summed E-state index contributed by atoms with van der Waals surface area (Å²) < 4.78 is 5.80. The van der Waals surface area contributed by atoms with Gasteiger partial charge in [-0.05, 0) is 42.1 Å². The van der Waals surface area contributed by atoms with E-state index in [-0.39, 0.29) is 0 Å². The molecule has 0 amide bonds. The zero-order valence-electron chi connectivity index (χ0n) is 11.7. The van der Waals surface area contributed by atoms with Crippen molar-refractivity contribution in [3.8, 4) is 5.75 Å². The lowest BCUT2D eigenvalue weighted by Gasteiger charge is -2.09. The van der Waals surface area contributed by atoms with E-state index in [1.54, 1.807) is 11.3 Å². The molecular weight excluding hydrogens is 306 g/mol. The number of hydrogen-bond donors (Lipinski definition) is 1. The fraction of sp³-hybridized carbons (Fsp3) is 0.200. The van der Waals surface area contributed by atoms with Gasteiger partial charge in [-0.25, -0.2) is 9.97 Å². The molecule has 0 aliphatic heterocycles. The molecule has 0 bridgehead atoms. The van der Waals surface area contributed by atoms with E-state index in [2.05, 4.69) is 15.3 Å². The maximum Gasteiger partial charge on any atom is 0.169 e. The summed E-state index contributed by atoms with van der Waals surface area (Å²) in [5.41, 5.74) is 0.994. The van der Waals surface area contributed by atoms with Crippen molar-refractivity contribution in [1.82, 2.24) is 9.97 Å². The van der Waals surface area contributed by atoms with Crippen LogP contribution in [0.1, 0.15) is 11.4 Å². The largest absolute Gasteiger partial charge is 0.485 e. The highest BCUT2D eigenvalue weighted by Crippen LogP contribution is 2.26. The topological polar surface area (TPSA) is 47.0 Å². The molecule has 1 aromatic carbocycles. The molecule has 0 radical (unpaired) electrons. The highest BCUT2D eigenvalue weighted by atomic mass is 35.5. The summed E-state index contributed by atoms with van der Waals surface area (Å²) in [5, 5.41) is 6.84. The van der Waals surface area contributed by atoms with Crippen LogP contribution < -0.4 is 10.1 Å². The highest BCUT2D eigenvalue weighted by molar-refractivity contribution is 7.16. The number of benzene rings is 1. The number of rotatable bonds is 4. The smallest absolute Gasteiger partial charge is 0.169 e. The van der Waals surface area contributed by atoms with Gasteiger partial charge in [0.05, 0.1) is 5.39 Å². The zero-order valence-corrected chi connectivity index (χ0v) is 13.3. The SMILES string of the molecule is CNc1nc(COc2ccc(Cl)cc2C)nc2sccc12. The molecule has 3 rings (SSSR count). The fourth-order valence-corrected chi connectivity index (χ4v) is 3.08. The van der Waals surface area contributed by atoms with Crippen LogP contribution in [0.2, 0.25) is 5.02 Å². The Labute approximate surface area is 131 Å². The molecule has 0 fully saturated rings. The summed E-state index contributed by atoms with van der Waals surface area (Å²) in [4.78, 5) is 9.97. The van der Waals surface area contributed by atoms with Crippen molar-refractivity contribution >= 4 is 39.0 Å². The normalized spacial score (nSPS) is 10.8. The summed E-state index contributed by atoms with van der Waals surface area (Å²) in [6, 6.07) is 7.56. The van der Waals surface area contributed by atoms with Crippen LogP contribution in [0.15, 0.2) is 29.6 Å². The van der Waals surface area contributed by atoms with Crippen LogP contribution in [-0.4, -0.2) is 17.0 Å². The van der Waals surface area contributed by atoms with Crippen molar-refractivity contribution in [2.75, 3.05) is 12.4 Å². The van der Waals surface area contributed by atoms with Gasteiger partial charge in [0.1, 0.15) is 23.0 Å². The Morgan fingerprint density at radius 2 is 2.14 bits per heavy atom. The summed E-state index contributed by atoms with van der Waals surface area (Å²) in [7, 11) is 1.85. The van der Waals surface area contributed by atoms with Crippen LogP contribution in [-0.2, 0) is 6.61 Å². The summed E-state index contributed by atoms with van der Waals surface area (Å²) >= 11 is 7.53. The number of nitrogens with zero attached hydrogens (tertiary/aromatic N) is 2. The average Bonchev–Trinajstić information content (AvgIpc) is 2.93.